The molecule has 0 aliphatic carbocycles. The summed E-state index contributed by atoms with van der Waals surface area (Å²) >= 11 is 0. The summed E-state index contributed by atoms with van der Waals surface area (Å²) in [6.45, 7) is 8.76. The van der Waals surface area contributed by atoms with E-state index in [0.29, 0.717) is 0 Å². The van der Waals surface area contributed by atoms with Gasteiger partial charge in [0.2, 0.25) is 0 Å². The van der Waals surface area contributed by atoms with Gasteiger partial charge in [-0.1, -0.05) is 13.8 Å². The summed E-state index contributed by atoms with van der Waals surface area (Å²) in [5.74, 6) is -1.49. The fourth-order valence-corrected chi connectivity index (χ4v) is 1.18. The van der Waals surface area contributed by atoms with Crippen molar-refractivity contribution in [2.24, 2.45) is 5.92 Å². The monoisotopic (exact) mass is 231 g/mol. The van der Waals surface area contributed by atoms with Gasteiger partial charge in [0.1, 0.15) is 11.6 Å². The lowest BCUT2D eigenvalue weighted by molar-refractivity contribution is -0.154. The molecule has 0 aromatic heterocycles. The third-order valence-corrected chi connectivity index (χ3v) is 1.82. The summed E-state index contributed by atoms with van der Waals surface area (Å²) in [6.07, 6.45) is 0. The predicted octanol–water partition coefficient (Wildman–Crippen LogP) is 1.03. The largest absolute Gasteiger partial charge is 0.480 e. The number of ether oxygens (including phenoxy) is 1. The molecule has 0 aliphatic rings. The number of rotatable bonds is 5. The number of carboxylic acids is 1. The first kappa shape index (κ1) is 14.9. The maximum absolute atomic E-state index is 11.3. The maximum atomic E-state index is 11.3. The molecule has 0 aliphatic heterocycles. The lowest BCUT2D eigenvalue weighted by Gasteiger charge is -2.21. The highest BCUT2D eigenvalue weighted by atomic mass is 16.6. The smallest absolute Gasteiger partial charge is 0.320 e. The van der Waals surface area contributed by atoms with Crippen molar-refractivity contribution in [2.75, 3.05) is 6.54 Å². The van der Waals surface area contributed by atoms with Crippen LogP contribution < -0.4 is 5.32 Å². The first-order chi connectivity index (χ1) is 7.13. The van der Waals surface area contributed by atoms with E-state index in [1.165, 1.54) is 0 Å². The molecule has 0 spiro atoms. The van der Waals surface area contributed by atoms with Crippen molar-refractivity contribution in [2.45, 2.75) is 46.3 Å². The van der Waals surface area contributed by atoms with Crippen LogP contribution in [0.4, 0.5) is 0 Å². The molecule has 0 heterocycles. The molecule has 94 valence electrons. The van der Waals surface area contributed by atoms with Crippen LogP contribution in [0.5, 0.6) is 0 Å². The number of hydrogen-bond acceptors (Lipinski definition) is 4. The first-order valence-electron chi connectivity index (χ1n) is 5.31. The topological polar surface area (TPSA) is 75.6 Å². The zero-order chi connectivity index (χ0) is 12.9. The van der Waals surface area contributed by atoms with Crippen LogP contribution in [-0.4, -0.2) is 35.2 Å². The molecule has 5 nitrogen and oxygen atoms in total. The summed E-state index contributed by atoms with van der Waals surface area (Å²) < 4.78 is 5.05. The number of esters is 1. The van der Waals surface area contributed by atoms with Crippen molar-refractivity contribution in [1.29, 1.82) is 0 Å². The van der Waals surface area contributed by atoms with E-state index in [9.17, 15) is 9.59 Å². The van der Waals surface area contributed by atoms with E-state index in [1.807, 2.05) is 0 Å². The molecule has 5 heteroatoms. The van der Waals surface area contributed by atoms with Gasteiger partial charge in [0, 0.05) is 0 Å². The van der Waals surface area contributed by atoms with Crippen LogP contribution in [0.2, 0.25) is 0 Å². The first-order valence-corrected chi connectivity index (χ1v) is 5.31. The van der Waals surface area contributed by atoms with Crippen LogP contribution in [0.3, 0.4) is 0 Å². The van der Waals surface area contributed by atoms with E-state index in [1.54, 1.807) is 34.6 Å². The Morgan fingerprint density at radius 1 is 1.31 bits per heavy atom. The maximum Gasteiger partial charge on any atom is 0.320 e. The van der Waals surface area contributed by atoms with Crippen molar-refractivity contribution in [3.05, 3.63) is 0 Å². The van der Waals surface area contributed by atoms with Gasteiger partial charge in [-0.2, -0.15) is 0 Å². The van der Waals surface area contributed by atoms with Crippen LogP contribution in [0, 0.1) is 5.92 Å². The Morgan fingerprint density at radius 3 is 2.12 bits per heavy atom. The third kappa shape index (κ3) is 6.40. The Kier molecular flexibility index (Phi) is 5.44. The molecule has 16 heavy (non-hydrogen) atoms. The van der Waals surface area contributed by atoms with Gasteiger partial charge < -0.3 is 9.84 Å². The fourth-order valence-electron chi connectivity index (χ4n) is 1.18. The molecule has 0 radical (unpaired) electrons. The highest BCUT2D eigenvalue weighted by molar-refractivity contribution is 5.76. The van der Waals surface area contributed by atoms with Crippen molar-refractivity contribution < 1.29 is 19.4 Å². The van der Waals surface area contributed by atoms with Gasteiger partial charge in [-0.15, -0.1) is 0 Å². The molecule has 0 fully saturated rings. The Balaban J connectivity index is 4.12. The Morgan fingerprint density at radius 2 is 1.81 bits per heavy atom. The van der Waals surface area contributed by atoms with Gasteiger partial charge in [-0.3, -0.25) is 14.9 Å². The second-order valence-electron chi connectivity index (χ2n) is 5.03. The molecule has 0 unspecified atom stereocenters. The van der Waals surface area contributed by atoms with Crippen LogP contribution in [-0.2, 0) is 14.3 Å². The second-order valence-corrected chi connectivity index (χ2v) is 5.03. The van der Waals surface area contributed by atoms with E-state index < -0.39 is 23.6 Å². The molecule has 1 atom stereocenters. The Hall–Kier alpha value is -1.10. The van der Waals surface area contributed by atoms with Gasteiger partial charge in [-0.25, -0.2) is 0 Å². The molecule has 0 saturated carbocycles. The van der Waals surface area contributed by atoms with E-state index in [-0.39, 0.29) is 12.5 Å². The highest BCUT2D eigenvalue weighted by Gasteiger charge is 2.23. The van der Waals surface area contributed by atoms with Crippen molar-refractivity contribution in [3.63, 3.8) is 0 Å². The van der Waals surface area contributed by atoms with E-state index in [4.69, 9.17) is 9.84 Å². The highest BCUT2D eigenvalue weighted by Crippen LogP contribution is 2.07. The second kappa shape index (κ2) is 5.84. The number of aliphatic carboxylic acids is 1. The average molecular weight is 231 g/mol. The van der Waals surface area contributed by atoms with Crippen molar-refractivity contribution >= 4 is 11.9 Å². The molecule has 0 rings (SSSR count). The normalized spacial score (nSPS) is 13.6. The zero-order valence-electron chi connectivity index (χ0n) is 10.5. The molecular formula is C11H21NO4. The number of carboxylic acid groups (broad SMARTS) is 1. The van der Waals surface area contributed by atoms with Crippen LogP contribution in [0.25, 0.3) is 0 Å². The van der Waals surface area contributed by atoms with Crippen LogP contribution >= 0.6 is 0 Å². The summed E-state index contributed by atoms with van der Waals surface area (Å²) in [6, 6.07) is -0.729. The number of carbonyl (C=O) groups is 2. The summed E-state index contributed by atoms with van der Waals surface area (Å²) in [4.78, 5) is 22.2. The Labute approximate surface area is 96.2 Å². The lowest BCUT2D eigenvalue weighted by Crippen LogP contribution is -2.44. The minimum atomic E-state index is -0.960. The van der Waals surface area contributed by atoms with Crippen LogP contribution in [0.1, 0.15) is 34.6 Å². The molecule has 0 amide bonds. The van der Waals surface area contributed by atoms with E-state index >= 15 is 0 Å². The van der Waals surface area contributed by atoms with E-state index in [2.05, 4.69) is 5.32 Å². The van der Waals surface area contributed by atoms with Gasteiger partial charge in [0.25, 0.3) is 0 Å². The standard InChI is InChI=1S/C11H21NO4/c1-7(2)9(10(14)15)12-6-8(13)16-11(3,4)5/h7,9,12H,6H2,1-5H3,(H,14,15)/t9-/m1/s1. The minimum absolute atomic E-state index is 0.0834. The van der Waals surface area contributed by atoms with Gasteiger partial charge >= 0.3 is 11.9 Å². The number of carbonyl (C=O) groups excluding carboxylic acids is 1. The van der Waals surface area contributed by atoms with Crippen molar-refractivity contribution in [3.8, 4) is 0 Å². The fraction of sp³-hybridized carbons (Fsp3) is 0.818. The molecule has 2 N–H and O–H groups in total. The van der Waals surface area contributed by atoms with E-state index in [0.717, 1.165) is 0 Å². The molecule has 0 bridgehead atoms. The van der Waals surface area contributed by atoms with Crippen molar-refractivity contribution in [1.82, 2.24) is 5.32 Å². The van der Waals surface area contributed by atoms with Gasteiger partial charge in [-0.05, 0) is 26.7 Å². The van der Waals surface area contributed by atoms with Crippen LogP contribution in [0.15, 0.2) is 0 Å². The summed E-state index contributed by atoms with van der Waals surface area (Å²) in [7, 11) is 0. The average Bonchev–Trinajstić information content (AvgIpc) is 1.98. The SMILES string of the molecule is CC(C)[C@@H](NCC(=O)OC(C)(C)C)C(=O)O. The Bertz CT molecular complexity index is 255. The van der Waals surface area contributed by atoms with Gasteiger partial charge in [0.05, 0.1) is 6.54 Å². The quantitative estimate of drug-likeness (QED) is 0.691. The summed E-state index contributed by atoms with van der Waals surface area (Å²) in [5, 5.41) is 11.5. The van der Waals surface area contributed by atoms with Gasteiger partial charge in [0.15, 0.2) is 0 Å². The molecular weight excluding hydrogens is 210 g/mol. The number of hydrogen-bond donors (Lipinski definition) is 2. The summed E-state index contributed by atoms with van der Waals surface area (Å²) in [5.41, 5.74) is -0.546. The third-order valence-electron chi connectivity index (χ3n) is 1.82. The molecule has 0 aromatic rings. The zero-order valence-corrected chi connectivity index (χ0v) is 10.5. The molecule has 0 saturated heterocycles. The minimum Gasteiger partial charge on any atom is -0.480 e. The lowest BCUT2D eigenvalue weighted by atomic mass is 10.1. The number of nitrogens with one attached hydrogen (secondary N) is 1. The predicted molar refractivity (Wildman–Crippen MR) is 60.1 cm³/mol. The molecule has 0 aromatic carbocycles.